The average Bonchev–Trinajstić information content (AvgIpc) is 2.27. The summed E-state index contributed by atoms with van der Waals surface area (Å²) in [6.07, 6.45) is 2.74. The van der Waals surface area contributed by atoms with E-state index in [2.05, 4.69) is 41.3 Å². The monoisotopic (exact) mass is 368 g/mol. The largest absolute Gasteiger partial charge is 0.355 e. The molecule has 1 saturated heterocycles. The van der Waals surface area contributed by atoms with Crippen molar-refractivity contribution in [2.45, 2.75) is 39.7 Å². The summed E-state index contributed by atoms with van der Waals surface area (Å²) in [5.41, 5.74) is 0. The van der Waals surface area contributed by atoms with Crippen molar-refractivity contribution in [1.82, 2.24) is 15.5 Å². The van der Waals surface area contributed by atoms with Crippen molar-refractivity contribution in [3.8, 4) is 0 Å². The summed E-state index contributed by atoms with van der Waals surface area (Å²) in [7, 11) is 1.82. The van der Waals surface area contributed by atoms with E-state index in [1.54, 1.807) is 0 Å². The Bertz CT molecular complexity index is 243. The fourth-order valence-corrected chi connectivity index (χ4v) is 2.29. The highest BCUT2D eigenvalue weighted by Gasteiger charge is 2.15. The number of piperidine rings is 1. The van der Waals surface area contributed by atoms with Crippen LogP contribution in [0.2, 0.25) is 0 Å². The molecule has 108 valence electrons. The highest BCUT2D eigenvalue weighted by atomic mass is 127. The van der Waals surface area contributed by atoms with Crippen LogP contribution in [0.4, 0.5) is 0 Å². The minimum Gasteiger partial charge on any atom is -0.355 e. The third-order valence-corrected chi connectivity index (χ3v) is 3.11. The maximum absolute atomic E-state index is 4.20. The van der Waals surface area contributed by atoms with Crippen LogP contribution in [0.15, 0.2) is 4.99 Å². The fourth-order valence-electron chi connectivity index (χ4n) is 2.29. The van der Waals surface area contributed by atoms with Crippen molar-refractivity contribution >= 4 is 29.9 Å². The van der Waals surface area contributed by atoms with Gasteiger partial charge >= 0.3 is 0 Å². The second-order valence-electron chi connectivity index (χ2n) is 5.35. The van der Waals surface area contributed by atoms with Crippen LogP contribution in [0.5, 0.6) is 0 Å². The van der Waals surface area contributed by atoms with Crippen molar-refractivity contribution in [3.05, 3.63) is 0 Å². The van der Waals surface area contributed by atoms with Crippen molar-refractivity contribution in [1.29, 1.82) is 0 Å². The standard InChI is InChI=1S/C13H28N4.HI/c1-11(2)16-13(14-4)15-7-9-17-8-5-6-12(3)10-17;/h11-12H,5-10H2,1-4H3,(H2,14,15,16);1H. The summed E-state index contributed by atoms with van der Waals surface area (Å²) >= 11 is 0. The summed E-state index contributed by atoms with van der Waals surface area (Å²) in [6, 6.07) is 0.427. The number of hydrogen-bond acceptors (Lipinski definition) is 2. The first-order chi connectivity index (χ1) is 8.11. The number of halogens is 1. The minimum absolute atomic E-state index is 0. The van der Waals surface area contributed by atoms with Crippen LogP contribution >= 0.6 is 24.0 Å². The van der Waals surface area contributed by atoms with E-state index in [0.29, 0.717) is 6.04 Å². The third-order valence-electron chi connectivity index (χ3n) is 3.11. The Hall–Kier alpha value is -0.0400. The number of aliphatic imine (C=N–C) groups is 1. The number of rotatable bonds is 4. The summed E-state index contributed by atoms with van der Waals surface area (Å²) in [5.74, 6) is 1.77. The van der Waals surface area contributed by atoms with Crippen molar-refractivity contribution in [2.75, 3.05) is 33.2 Å². The first-order valence-corrected chi connectivity index (χ1v) is 6.81. The van der Waals surface area contributed by atoms with Crippen LogP contribution in [-0.4, -0.2) is 50.1 Å². The molecule has 0 amide bonds. The van der Waals surface area contributed by atoms with E-state index < -0.39 is 0 Å². The van der Waals surface area contributed by atoms with Gasteiger partial charge in [0.1, 0.15) is 0 Å². The van der Waals surface area contributed by atoms with Gasteiger partial charge in [-0.2, -0.15) is 0 Å². The van der Waals surface area contributed by atoms with Gasteiger partial charge in [-0.05, 0) is 39.2 Å². The highest BCUT2D eigenvalue weighted by Crippen LogP contribution is 2.14. The van der Waals surface area contributed by atoms with E-state index in [1.165, 1.54) is 25.9 Å². The van der Waals surface area contributed by atoms with Crippen LogP contribution in [0.25, 0.3) is 0 Å². The van der Waals surface area contributed by atoms with Gasteiger partial charge < -0.3 is 15.5 Å². The lowest BCUT2D eigenvalue weighted by Crippen LogP contribution is -2.45. The number of guanidine groups is 1. The number of likely N-dealkylation sites (tertiary alicyclic amines) is 1. The van der Waals surface area contributed by atoms with Crippen LogP contribution in [-0.2, 0) is 0 Å². The van der Waals surface area contributed by atoms with E-state index >= 15 is 0 Å². The molecule has 0 bridgehead atoms. The molecule has 0 aromatic rings. The molecule has 1 rings (SSSR count). The number of nitrogens with one attached hydrogen (secondary N) is 2. The predicted molar refractivity (Wildman–Crippen MR) is 89.9 cm³/mol. The van der Waals surface area contributed by atoms with Crippen LogP contribution in [0.1, 0.15) is 33.6 Å². The fraction of sp³-hybridized carbons (Fsp3) is 0.923. The molecule has 1 heterocycles. The van der Waals surface area contributed by atoms with Gasteiger partial charge in [0.05, 0.1) is 0 Å². The van der Waals surface area contributed by atoms with Crippen LogP contribution in [0.3, 0.4) is 0 Å². The van der Waals surface area contributed by atoms with E-state index in [9.17, 15) is 0 Å². The van der Waals surface area contributed by atoms with E-state index in [0.717, 1.165) is 25.0 Å². The quantitative estimate of drug-likeness (QED) is 0.453. The minimum atomic E-state index is 0. The van der Waals surface area contributed by atoms with Gasteiger partial charge in [-0.25, -0.2) is 0 Å². The lowest BCUT2D eigenvalue weighted by atomic mass is 10.0. The van der Waals surface area contributed by atoms with E-state index in [4.69, 9.17) is 0 Å². The zero-order valence-electron chi connectivity index (χ0n) is 12.2. The molecule has 2 N–H and O–H groups in total. The Morgan fingerprint density at radius 1 is 1.44 bits per heavy atom. The lowest BCUT2D eigenvalue weighted by molar-refractivity contribution is 0.187. The molecule has 1 fully saturated rings. The van der Waals surface area contributed by atoms with Crippen LogP contribution in [0, 0.1) is 5.92 Å². The maximum atomic E-state index is 4.20. The predicted octanol–water partition coefficient (Wildman–Crippen LogP) is 1.91. The zero-order valence-corrected chi connectivity index (χ0v) is 14.5. The van der Waals surface area contributed by atoms with Crippen molar-refractivity contribution in [3.63, 3.8) is 0 Å². The molecule has 1 aliphatic heterocycles. The topological polar surface area (TPSA) is 39.7 Å². The van der Waals surface area contributed by atoms with Gasteiger partial charge in [-0.3, -0.25) is 4.99 Å². The van der Waals surface area contributed by atoms with Gasteiger partial charge in [-0.1, -0.05) is 6.92 Å². The summed E-state index contributed by atoms with van der Waals surface area (Å²) in [5, 5.41) is 6.66. The van der Waals surface area contributed by atoms with Gasteiger partial charge in [0.2, 0.25) is 0 Å². The molecular formula is C13H29IN4. The summed E-state index contributed by atoms with van der Waals surface area (Å²) in [4.78, 5) is 6.75. The molecule has 1 atom stereocenters. The molecule has 0 radical (unpaired) electrons. The Kier molecular flexibility index (Phi) is 9.81. The smallest absolute Gasteiger partial charge is 0.191 e. The van der Waals surface area contributed by atoms with Gasteiger partial charge in [0.15, 0.2) is 5.96 Å². The lowest BCUT2D eigenvalue weighted by Gasteiger charge is -2.31. The molecule has 0 spiro atoms. The molecule has 4 nitrogen and oxygen atoms in total. The molecule has 0 aromatic heterocycles. The molecule has 18 heavy (non-hydrogen) atoms. The average molecular weight is 368 g/mol. The maximum Gasteiger partial charge on any atom is 0.191 e. The molecule has 0 saturated carbocycles. The zero-order chi connectivity index (χ0) is 12.7. The SMILES string of the molecule is CN=C(NCCN1CCCC(C)C1)NC(C)C.I. The van der Waals surface area contributed by atoms with Crippen molar-refractivity contribution in [2.24, 2.45) is 10.9 Å². The van der Waals surface area contributed by atoms with Crippen LogP contribution < -0.4 is 10.6 Å². The van der Waals surface area contributed by atoms with E-state index in [1.807, 2.05) is 7.05 Å². The molecule has 5 heteroatoms. The highest BCUT2D eigenvalue weighted by molar-refractivity contribution is 14.0. The third kappa shape index (κ3) is 7.41. The molecule has 1 aliphatic rings. The van der Waals surface area contributed by atoms with Gasteiger partial charge in [0.25, 0.3) is 0 Å². The first-order valence-electron chi connectivity index (χ1n) is 6.81. The molecular weight excluding hydrogens is 339 g/mol. The Morgan fingerprint density at radius 3 is 2.72 bits per heavy atom. The summed E-state index contributed by atoms with van der Waals surface area (Å²) < 4.78 is 0. The molecule has 0 aromatic carbocycles. The van der Waals surface area contributed by atoms with Crippen molar-refractivity contribution < 1.29 is 0 Å². The van der Waals surface area contributed by atoms with Gasteiger partial charge in [-0.15, -0.1) is 24.0 Å². The van der Waals surface area contributed by atoms with E-state index in [-0.39, 0.29) is 24.0 Å². The second-order valence-corrected chi connectivity index (χ2v) is 5.35. The Morgan fingerprint density at radius 2 is 2.17 bits per heavy atom. The molecule has 1 unspecified atom stereocenters. The molecule has 0 aliphatic carbocycles. The number of nitrogens with zero attached hydrogens (tertiary/aromatic N) is 2. The number of hydrogen-bond donors (Lipinski definition) is 2. The Balaban J connectivity index is 0.00000289. The Labute approximate surface area is 129 Å². The van der Waals surface area contributed by atoms with Gasteiger partial charge in [0, 0.05) is 32.7 Å². The summed E-state index contributed by atoms with van der Waals surface area (Å²) in [6.45, 7) is 11.2. The first kappa shape index (κ1) is 18.0. The second kappa shape index (κ2) is 9.83. The normalized spacial score (nSPS) is 21.6.